The van der Waals surface area contributed by atoms with Gasteiger partial charge in [0.2, 0.25) is 0 Å². The molecule has 2 aromatic carbocycles. The van der Waals surface area contributed by atoms with E-state index in [2.05, 4.69) is 54.4 Å². The molecule has 0 bridgehead atoms. The maximum atomic E-state index is 5.67. The van der Waals surface area contributed by atoms with Crippen LogP contribution in [0.5, 0.6) is 5.75 Å². The smallest absolute Gasteiger partial charge is 0.119 e. The lowest BCUT2D eigenvalue weighted by atomic mass is 10.1. The Balaban J connectivity index is 1.68. The van der Waals surface area contributed by atoms with Crippen molar-refractivity contribution >= 4 is 30.5 Å². The molecule has 0 amide bonds. The highest BCUT2D eigenvalue weighted by Gasteiger charge is 1.95. The second-order valence-electron chi connectivity index (χ2n) is 5.57. The predicted octanol–water partition coefficient (Wildman–Crippen LogP) is 4.24. The van der Waals surface area contributed by atoms with Gasteiger partial charge in [0.05, 0.1) is 26.4 Å². The summed E-state index contributed by atoms with van der Waals surface area (Å²) < 4.78 is 16.4. The third-order valence-electron chi connectivity index (χ3n) is 3.65. The summed E-state index contributed by atoms with van der Waals surface area (Å²) in [5, 5.41) is 3.11. The molecule has 0 radical (unpaired) electrons. The van der Waals surface area contributed by atoms with Gasteiger partial charge in [-0.05, 0) is 35.4 Å². The molecule has 0 fully saturated rings. The molecular formula is C21H27NO3S. The third-order valence-corrected chi connectivity index (χ3v) is 3.83. The molecule has 0 atom stereocenters. The lowest BCUT2D eigenvalue weighted by Crippen LogP contribution is -2.11. The van der Waals surface area contributed by atoms with Crippen LogP contribution in [-0.2, 0) is 9.47 Å². The molecule has 0 aliphatic heterocycles. The summed E-state index contributed by atoms with van der Waals surface area (Å²) >= 11 is 4.07. The van der Waals surface area contributed by atoms with Gasteiger partial charge in [-0.1, -0.05) is 36.4 Å². The van der Waals surface area contributed by atoms with E-state index in [-0.39, 0.29) is 0 Å². The van der Waals surface area contributed by atoms with E-state index in [9.17, 15) is 0 Å². The highest BCUT2D eigenvalue weighted by molar-refractivity contribution is 7.80. The minimum absolute atomic E-state index is 0.527. The fourth-order valence-electron chi connectivity index (χ4n) is 2.23. The van der Waals surface area contributed by atoms with Crippen LogP contribution in [0.4, 0.5) is 5.69 Å². The molecule has 0 aliphatic carbocycles. The number of benzene rings is 2. The Morgan fingerprint density at radius 1 is 0.769 bits per heavy atom. The van der Waals surface area contributed by atoms with E-state index in [0.29, 0.717) is 33.0 Å². The number of thiol groups is 1. The Hall–Kier alpha value is -1.95. The molecule has 0 saturated heterocycles. The SMILES string of the molecule is CNc1ccc(/C=C/c2ccc(OCCOCCOCCS)cc2)cc1. The molecule has 26 heavy (non-hydrogen) atoms. The standard InChI is InChI=1S/C21H27NO3S/c1-22-20-8-4-18(5-9-20)2-3-19-6-10-21(11-7-19)25-15-14-23-12-13-24-16-17-26/h2-11,22,26H,12-17H2,1H3/b3-2+. The molecule has 0 heterocycles. The molecule has 5 heteroatoms. The summed E-state index contributed by atoms with van der Waals surface area (Å²) in [4.78, 5) is 0. The number of rotatable bonds is 12. The molecular weight excluding hydrogens is 346 g/mol. The average molecular weight is 374 g/mol. The fourth-order valence-corrected chi connectivity index (χ4v) is 2.36. The van der Waals surface area contributed by atoms with Crippen LogP contribution in [0.15, 0.2) is 48.5 Å². The number of hydrogen-bond donors (Lipinski definition) is 2. The third kappa shape index (κ3) is 7.95. The normalized spacial score (nSPS) is 11.0. The molecule has 4 nitrogen and oxygen atoms in total. The minimum atomic E-state index is 0.527. The zero-order valence-corrected chi connectivity index (χ0v) is 16.1. The molecule has 0 aromatic heterocycles. The van der Waals surface area contributed by atoms with Crippen LogP contribution in [0.1, 0.15) is 11.1 Å². The zero-order valence-electron chi connectivity index (χ0n) is 15.2. The second kappa shape index (κ2) is 12.4. The summed E-state index contributed by atoms with van der Waals surface area (Å²) in [5.74, 6) is 1.58. The number of nitrogens with one attached hydrogen (secondary N) is 1. The van der Waals surface area contributed by atoms with Gasteiger partial charge in [0.15, 0.2) is 0 Å². The van der Waals surface area contributed by atoms with E-state index in [1.165, 1.54) is 5.56 Å². The van der Waals surface area contributed by atoms with E-state index < -0.39 is 0 Å². The Morgan fingerprint density at radius 3 is 1.88 bits per heavy atom. The Labute approximate surface area is 161 Å². The van der Waals surface area contributed by atoms with Crippen LogP contribution in [0.2, 0.25) is 0 Å². The minimum Gasteiger partial charge on any atom is -0.491 e. The van der Waals surface area contributed by atoms with E-state index >= 15 is 0 Å². The van der Waals surface area contributed by atoms with Crippen molar-refractivity contribution in [2.75, 3.05) is 51.2 Å². The topological polar surface area (TPSA) is 39.7 Å². The lowest BCUT2D eigenvalue weighted by molar-refractivity contribution is 0.0413. The Kier molecular flexibility index (Phi) is 9.72. The second-order valence-corrected chi connectivity index (χ2v) is 6.02. The van der Waals surface area contributed by atoms with Gasteiger partial charge in [0.25, 0.3) is 0 Å². The fraction of sp³-hybridized carbons (Fsp3) is 0.333. The Bertz CT molecular complexity index is 641. The van der Waals surface area contributed by atoms with Gasteiger partial charge in [-0.25, -0.2) is 0 Å². The number of anilines is 1. The van der Waals surface area contributed by atoms with E-state index in [1.54, 1.807) is 0 Å². The summed E-state index contributed by atoms with van der Waals surface area (Å²) in [7, 11) is 1.92. The van der Waals surface area contributed by atoms with Crippen LogP contribution < -0.4 is 10.1 Å². The molecule has 0 saturated carbocycles. The first-order valence-electron chi connectivity index (χ1n) is 8.77. The largest absolute Gasteiger partial charge is 0.491 e. The van der Waals surface area contributed by atoms with Crippen LogP contribution >= 0.6 is 12.6 Å². The molecule has 2 rings (SSSR count). The maximum Gasteiger partial charge on any atom is 0.119 e. The lowest BCUT2D eigenvalue weighted by Gasteiger charge is -2.07. The monoisotopic (exact) mass is 373 g/mol. The van der Waals surface area contributed by atoms with Gasteiger partial charge in [-0.2, -0.15) is 12.6 Å². The molecule has 0 unspecified atom stereocenters. The molecule has 1 N–H and O–H groups in total. The van der Waals surface area contributed by atoms with Crippen LogP contribution in [0, 0.1) is 0 Å². The van der Waals surface area contributed by atoms with Gasteiger partial charge in [-0.15, -0.1) is 0 Å². The summed E-state index contributed by atoms with van der Waals surface area (Å²) in [6.07, 6.45) is 4.19. The summed E-state index contributed by atoms with van der Waals surface area (Å²) in [5.41, 5.74) is 3.41. The van der Waals surface area contributed by atoms with E-state index in [0.717, 1.165) is 22.8 Å². The average Bonchev–Trinajstić information content (AvgIpc) is 2.69. The van der Waals surface area contributed by atoms with Gasteiger partial charge in [0.1, 0.15) is 12.4 Å². The highest BCUT2D eigenvalue weighted by Crippen LogP contribution is 2.15. The van der Waals surface area contributed by atoms with Gasteiger partial charge in [0, 0.05) is 18.5 Å². The quantitative estimate of drug-likeness (QED) is 0.332. The van der Waals surface area contributed by atoms with Crippen molar-refractivity contribution in [3.63, 3.8) is 0 Å². The number of ether oxygens (including phenoxy) is 3. The first kappa shape index (κ1) is 20.4. The van der Waals surface area contributed by atoms with Crippen molar-refractivity contribution in [2.45, 2.75) is 0 Å². The highest BCUT2D eigenvalue weighted by atomic mass is 32.1. The van der Waals surface area contributed by atoms with Gasteiger partial charge >= 0.3 is 0 Å². The van der Waals surface area contributed by atoms with Crippen molar-refractivity contribution in [1.82, 2.24) is 0 Å². The van der Waals surface area contributed by atoms with E-state index in [4.69, 9.17) is 14.2 Å². The van der Waals surface area contributed by atoms with Gasteiger partial charge < -0.3 is 19.5 Å². The van der Waals surface area contributed by atoms with E-state index in [1.807, 2.05) is 31.3 Å². The maximum absolute atomic E-state index is 5.67. The first-order chi connectivity index (χ1) is 12.8. The first-order valence-corrected chi connectivity index (χ1v) is 9.40. The zero-order chi connectivity index (χ0) is 18.5. The van der Waals surface area contributed by atoms with Crippen molar-refractivity contribution in [1.29, 1.82) is 0 Å². The van der Waals surface area contributed by atoms with Crippen molar-refractivity contribution < 1.29 is 14.2 Å². The Morgan fingerprint density at radius 2 is 1.31 bits per heavy atom. The molecule has 0 spiro atoms. The van der Waals surface area contributed by atoms with Crippen LogP contribution in [-0.4, -0.2) is 45.8 Å². The molecule has 2 aromatic rings. The molecule has 140 valence electrons. The molecule has 0 aliphatic rings. The predicted molar refractivity (Wildman–Crippen MR) is 112 cm³/mol. The van der Waals surface area contributed by atoms with Crippen LogP contribution in [0.3, 0.4) is 0 Å². The van der Waals surface area contributed by atoms with Crippen molar-refractivity contribution in [3.05, 3.63) is 59.7 Å². The van der Waals surface area contributed by atoms with Gasteiger partial charge in [-0.3, -0.25) is 0 Å². The summed E-state index contributed by atoms with van der Waals surface area (Å²) in [6, 6.07) is 16.3. The number of hydrogen-bond acceptors (Lipinski definition) is 5. The summed E-state index contributed by atoms with van der Waals surface area (Å²) in [6.45, 7) is 2.91. The van der Waals surface area contributed by atoms with Crippen molar-refractivity contribution in [2.24, 2.45) is 0 Å². The van der Waals surface area contributed by atoms with Crippen molar-refractivity contribution in [3.8, 4) is 5.75 Å². The van der Waals surface area contributed by atoms with Crippen LogP contribution in [0.25, 0.3) is 12.2 Å².